The maximum Gasteiger partial charge on any atom is 0.337 e. The summed E-state index contributed by atoms with van der Waals surface area (Å²) in [6, 6.07) is 1.05. The zero-order chi connectivity index (χ0) is 13.2. The molecule has 0 spiro atoms. The predicted molar refractivity (Wildman–Crippen MR) is 59.7 cm³/mol. The van der Waals surface area contributed by atoms with Crippen molar-refractivity contribution in [1.82, 2.24) is 0 Å². The number of carboxylic acids is 1. The topological polar surface area (TPSA) is 66.8 Å². The van der Waals surface area contributed by atoms with Gasteiger partial charge in [-0.3, -0.25) is 0 Å². The van der Waals surface area contributed by atoms with E-state index in [4.69, 9.17) is 9.84 Å². The smallest absolute Gasteiger partial charge is 0.337 e. The van der Waals surface area contributed by atoms with Crippen molar-refractivity contribution in [1.29, 1.82) is 0 Å². The highest BCUT2D eigenvalue weighted by atomic mass is 19.1. The highest BCUT2D eigenvalue weighted by Gasteiger charge is 2.24. The van der Waals surface area contributed by atoms with E-state index >= 15 is 0 Å². The molecule has 5 heteroatoms. The fourth-order valence-corrected chi connectivity index (χ4v) is 1.82. The number of methoxy groups -OCH3 is 1. The van der Waals surface area contributed by atoms with E-state index < -0.39 is 17.9 Å². The molecule has 1 rings (SSSR count). The summed E-state index contributed by atoms with van der Waals surface area (Å²) < 4.78 is 18.7. The van der Waals surface area contributed by atoms with Crippen LogP contribution >= 0.6 is 0 Å². The van der Waals surface area contributed by atoms with Crippen molar-refractivity contribution in [2.24, 2.45) is 0 Å². The Balaban J connectivity index is 3.49. The first-order valence-corrected chi connectivity index (χ1v) is 5.20. The third kappa shape index (κ3) is 2.39. The van der Waals surface area contributed by atoms with Crippen molar-refractivity contribution in [2.45, 2.75) is 26.4 Å². The van der Waals surface area contributed by atoms with Crippen LogP contribution in [-0.4, -0.2) is 23.3 Å². The van der Waals surface area contributed by atoms with Gasteiger partial charge in [-0.1, -0.05) is 6.92 Å². The van der Waals surface area contributed by atoms with Crippen LogP contribution in [0.25, 0.3) is 0 Å². The molecule has 1 unspecified atom stereocenters. The Morgan fingerprint density at radius 1 is 1.59 bits per heavy atom. The Labute approximate surface area is 98.7 Å². The molecule has 0 aliphatic carbocycles. The van der Waals surface area contributed by atoms with Gasteiger partial charge in [-0.15, -0.1) is 0 Å². The molecule has 0 radical (unpaired) electrons. The normalized spacial score (nSPS) is 12.3. The average molecular weight is 242 g/mol. The SMILES string of the molecule is CCc1c(C(O)C(=O)O)cc(F)c(C)c1OC. The van der Waals surface area contributed by atoms with Gasteiger partial charge in [0.1, 0.15) is 11.6 Å². The van der Waals surface area contributed by atoms with Crippen LogP contribution in [0.2, 0.25) is 0 Å². The number of rotatable bonds is 4. The lowest BCUT2D eigenvalue weighted by atomic mass is 9.96. The van der Waals surface area contributed by atoms with Crippen LogP contribution in [0.4, 0.5) is 4.39 Å². The first-order chi connectivity index (χ1) is 7.93. The van der Waals surface area contributed by atoms with Crippen LogP contribution in [0.5, 0.6) is 5.75 Å². The lowest BCUT2D eigenvalue weighted by Gasteiger charge is -2.17. The Bertz CT molecular complexity index is 443. The van der Waals surface area contributed by atoms with E-state index in [1.807, 2.05) is 0 Å². The number of halogens is 1. The van der Waals surface area contributed by atoms with Crippen LogP contribution < -0.4 is 4.74 Å². The third-order valence-corrected chi connectivity index (χ3v) is 2.69. The summed E-state index contributed by atoms with van der Waals surface area (Å²) in [5.41, 5.74) is 0.868. The third-order valence-electron chi connectivity index (χ3n) is 2.69. The van der Waals surface area contributed by atoms with Gasteiger partial charge in [0.15, 0.2) is 6.10 Å². The maximum atomic E-state index is 13.6. The van der Waals surface area contributed by atoms with Gasteiger partial charge in [-0.25, -0.2) is 9.18 Å². The molecule has 17 heavy (non-hydrogen) atoms. The van der Waals surface area contributed by atoms with Crippen molar-refractivity contribution in [2.75, 3.05) is 7.11 Å². The van der Waals surface area contributed by atoms with Crippen molar-refractivity contribution in [3.8, 4) is 5.75 Å². The van der Waals surface area contributed by atoms with Gasteiger partial charge in [0.25, 0.3) is 0 Å². The van der Waals surface area contributed by atoms with Gasteiger partial charge in [-0.2, -0.15) is 0 Å². The lowest BCUT2D eigenvalue weighted by Crippen LogP contribution is -2.14. The summed E-state index contributed by atoms with van der Waals surface area (Å²) >= 11 is 0. The minimum absolute atomic E-state index is 0.0416. The van der Waals surface area contributed by atoms with E-state index in [2.05, 4.69) is 0 Å². The van der Waals surface area contributed by atoms with Crippen LogP contribution in [-0.2, 0) is 11.2 Å². The molecule has 0 fully saturated rings. The second-order valence-corrected chi connectivity index (χ2v) is 3.68. The molecule has 0 aliphatic rings. The highest BCUT2D eigenvalue weighted by Crippen LogP contribution is 2.33. The number of benzene rings is 1. The largest absolute Gasteiger partial charge is 0.496 e. The molecule has 0 aliphatic heterocycles. The summed E-state index contributed by atoms with van der Waals surface area (Å²) in [5, 5.41) is 18.3. The number of aliphatic carboxylic acids is 1. The molecule has 0 aromatic heterocycles. The molecule has 0 amide bonds. The molecule has 0 saturated heterocycles. The maximum absolute atomic E-state index is 13.6. The minimum Gasteiger partial charge on any atom is -0.496 e. The van der Waals surface area contributed by atoms with Crippen LogP contribution in [0, 0.1) is 12.7 Å². The molecule has 1 aromatic rings. The molecule has 0 bridgehead atoms. The van der Waals surface area contributed by atoms with E-state index in [0.29, 0.717) is 23.3 Å². The van der Waals surface area contributed by atoms with Gasteiger partial charge in [0.05, 0.1) is 7.11 Å². The molecule has 4 nitrogen and oxygen atoms in total. The van der Waals surface area contributed by atoms with Gasteiger partial charge in [0.2, 0.25) is 0 Å². The van der Waals surface area contributed by atoms with Crippen LogP contribution in [0.3, 0.4) is 0 Å². The standard InChI is InChI=1S/C12H15FO4/c1-4-7-8(10(14)12(15)16)5-9(13)6(2)11(7)17-3/h5,10,14H,4H2,1-3H3,(H,15,16). The van der Waals surface area contributed by atoms with E-state index in [-0.39, 0.29) is 5.56 Å². The summed E-state index contributed by atoms with van der Waals surface area (Å²) in [5.74, 6) is -1.71. The first kappa shape index (κ1) is 13.4. The molecular formula is C12H15FO4. The zero-order valence-corrected chi connectivity index (χ0v) is 9.95. The molecule has 1 atom stereocenters. The second-order valence-electron chi connectivity index (χ2n) is 3.68. The highest BCUT2D eigenvalue weighted by molar-refractivity contribution is 5.75. The van der Waals surface area contributed by atoms with E-state index in [9.17, 15) is 14.3 Å². The molecule has 0 heterocycles. The van der Waals surface area contributed by atoms with Gasteiger partial charge < -0.3 is 14.9 Å². The Hall–Kier alpha value is -1.62. The summed E-state index contributed by atoms with van der Waals surface area (Å²) in [6.45, 7) is 3.33. The van der Waals surface area contributed by atoms with Crippen molar-refractivity contribution >= 4 is 5.97 Å². The molecule has 2 N–H and O–H groups in total. The molecule has 1 aromatic carbocycles. The van der Waals surface area contributed by atoms with Crippen molar-refractivity contribution < 1.29 is 24.1 Å². The summed E-state index contributed by atoms with van der Waals surface area (Å²) in [7, 11) is 1.39. The monoisotopic (exact) mass is 242 g/mol. The number of carboxylic acid groups (broad SMARTS) is 1. The zero-order valence-electron chi connectivity index (χ0n) is 9.95. The number of aliphatic hydroxyl groups excluding tert-OH is 1. The fraction of sp³-hybridized carbons (Fsp3) is 0.417. The second kappa shape index (κ2) is 5.14. The number of hydrogen-bond acceptors (Lipinski definition) is 3. The van der Waals surface area contributed by atoms with E-state index in [0.717, 1.165) is 6.07 Å². The minimum atomic E-state index is -1.74. The van der Waals surface area contributed by atoms with E-state index in [1.54, 1.807) is 13.8 Å². The number of aliphatic hydroxyl groups is 1. The molecule has 94 valence electrons. The Morgan fingerprint density at radius 2 is 2.18 bits per heavy atom. The first-order valence-electron chi connectivity index (χ1n) is 5.20. The predicted octanol–water partition coefficient (Wildman–Crippen LogP) is 1.82. The quantitative estimate of drug-likeness (QED) is 0.845. The average Bonchev–Trinajstić information content (AvgIpc) is 2.30. The van der Waals surface area contributed by atoms with Crippen molar-refractivity contribution in [3.05, 3.63) is 28.6 Å². The van der Waals surface area contributed by atoms with Crippen molar-refractivity contribution in [3.63, 3.8) is 0 Å². The number of ether oxygens (including phenoxy) is 1. The Morgan fingerprint density at radius 3 is 2.59 bits per heavy atom. The lowest BCUT2D eigenvalue weighted by molar-refractivity contribution is -0.147. The number of carbonyl (C=O) groups is 1. The molecule has 0 saturated carbocycles. The molecular weight excluding hydrogens is 227 g/mol. The fourth-order valence-electron chi connectivity index (χ4n) is 1.82. The van der Waals surface area contributed by atoms with Gasteiger partial charge in [0, 0.05) is 16.7 Å². The summed E-state index contributed by atoms with van der Waals surface area (Å²) in [6.07, 6.45) is -1.29. The summed E-state index contributed by atoms with van der Waals surface area (Å²) in [4.78, 5) is 10.8. The van der Waals surface area contributed by atoms with Gasteiger partial charge >= 0.3 is 5.97 Å². The number of hydrogen-bond donors (Lipinski definition) is 2. The van der Waals surface area contributed by atoms with Crippen LogP contribution in [0.1, 0.15) is 29.7 Å². The van der Waals surface area contributed by atoms with Gasteiger partial charge in [-0.05, 0) is 19.4 Å². The Kier molecular flexibility index (Phi) is 4.07. The van der Waals surface area contributed by atoms with Crippen LogP contribution in [0.15, 0.2) is 6.07 Å². The van der Waals surface area contributed by atoms with E-state index in [1.165, 1.54) is 7.11 Å².